The maximum atomic E-state index is 9.38. The molecule has 2 atom stereocenters. The van der Waals surface area contributed by atoms with Gasteiger partial charge >= 0.3 is 0 Å². The van der Waals surface area contributed by atoms with Crippen LogP contribution < -0.4 is 0 Å². The van der Waals surface area contributed by atoms with E-state index in [9.17, 15) is 5.11 Å². The number of ether oxygens (including phenoxy) is 3. The van der Waals surface area contributed by atoms with Crippen LogP contribution in [-0.2, 0) is 14.2 Å². The summed E-state index contributed by atoms with van der Waals surface area (Å²) in [6.45, 7) is 4.85. The van der Waals surface area contributed by atoms with Crippen molar-refractivity contribution in [1.29, 1.82) is 0 Å². The molecule has 0 saturated carbocycles. The van der Waals surface area contributed by atoms with Crippen LogP contribution in [0.4, 0.5) is 0 Å². The van der Waals surface area contributed by atoms with Gasteiger partial charge in [0.25, 0.3) is 0 Å². The monoisotopic (exact) mass is 328 g/mol. The third-order valence-electron chi connectivity index (χ3n) is 4.12. The summed E-state index contributed by atoms with van der Waals surface area (Å²) >= 11 is 0. The fraction of sp³-hybridized carbons (Fsp3) is 0.400. The Balaban J connectivity index is 1.67. The first-order valence-electron chi connectivity index (χ1n) is 8.25. The summed E-state index contributed by atoms with van der Waals surface area (Å²) in [7, 11) is 0. The number of allylic oxidation sites excluding steroid dienone is 2. The highest BCUT2D eigenvalue weighted by molar-refractivity contribution is 5.53. The molecule has 1 N–H and O–H groups in total. The second-order valence-electron chi connectivity index (χ2n) is 6.63. The molecule has 3 rings (SSSR count). The molecule has 0 bridgehead atoms. The van der Waals surface area contributed by atoms with E-state index in [0.717, 1.165) is 12.0 Å². The van der Waals surface area contributed by atoms with Gasteiger partial charge in [-0.1, -0.05) is 36.4 Å². The van der Waals surface area contributed by atoms with Crippen molar-refractivity contribution >= 4 is 6.08 Å². The van der Waals surface area contributed by atoms with Crippen molar-refractivity contribution in [1.82, 2.24) is 0 Å². The summed E-state index contributed by atoms with van der Waals surface area (Å²) in [6, 6.07) is 7.10. The highest BCUT2D eigenvalue weighted by Crippen LogP contribution is 2.28. The minimum atomic E-state index is -0.536. The van der Waals surface area contributed by atoms with E-state index in [-0.39, 0.29) is 11.9 Å². The van der Waals surface area contributed by atoms with Crippen molar-refractivity contribution in [3.8, 4) is 5.75 Å². The Labute approximate surface area is 143 Å². The van der Waals surface area contributed by atoms with Gasteiger partial charge in [0.05, 0.1) is 13.2 Å². The fourth-order valence-corrected chi connectivity index (χ4v) is 2.81. The quantitative estimate of drug-likeness (QED) is 0.892. The minimum absolute atomic E-state index is 0.0572. The molecule has 0 radical (unpaired) electrons. The number of aromatic hydroxyl groups is 1. The highest BCUT2D eigenvalue weighted by atomic mass is 16.7. The molecule has 1 saturated heterocycles. The first kappa shape index (κ1) is 17.0. The average Bonchev–Trinajstić information content (AvgIpc) is 2.93. The van der Waals surface area contributed by atoms with Crippen LogP contribution in [0.1, 0.15) is 25.8 Å². The predicted octanol–water partition coefficient (Wildman–Crippen LogP) is 3.83. The second kappa shape index (κ2) is 6.93. The Bertz CT molecular complexity index is 642. The van der Waals surface area contributed by atoms with E-state index in [2.05, 4.69) is 18.2 Å². The van der Waals surface area contributed by atoms with Crippen LogP contribution in [0.25, 0.3) is 6.08 Å². The van der Waals surface area contributed by atoms with Gasteiger partial charge in [0.1, 0.15) is 17.5 Å². The SMILES string of the molecule is CC1(C)OCC(COC2(C=Cc3ccc(O)cc3)C=CC=CC2)O1. The summed E-state index contributed by atoms with van der Waals surface area (Å²) in [6.07, 6.45) is 13.0. The van der Waals surface area contributed by atoms with Crippen molar-refractivity contribution < 1.29 is 19.3 Å². The summed E-state index contributed by atoms with van der Waals surface area (Å²) in [4.78, 5) is 0. The van der Waals surface area contributed by atoms with E-state index < -0.39 is 11.4 Å². The molecule has 1 aromatic carbocycles. The highest BCUT2D eigenvalue weighted by Gasteiger charge is 2.35. The van der Waals surface area contributed by atoms with Gasteiger partial charge in [-0.2, -0.15) is 0 Å². The first-order chi connectivity index (χ1) is 11.5. The zero-order valence-corrected chi connectivity index (χ0v) is 14.1. The van der Waals surface area contributed by atoms with E-state index in [0.29, 0.717) is 13.2 Å². The molecular formula is C20H24O4. The Kier molecular flexibility index (Phi) is 4.90. The molecule has 1 fully saturated rings. The molecule has 24 heavy (non-hydrogen) atoms. The van der Waals surface area contributed by atoms with Gasteiger partial charge in [0.15, 0.2) is 5.79 Å². The standard InChI is InChI=1S/C20H24O4/c1-19(2)22-14-18(24-19)15-23-20(11-4-3-5-12-20)13-10-16-6-8-17(21)9-7-16/h3-11,13,18,21H,12,14-15H2,1-2H3. The maximum absolute atomic E-state index is 9.38. The molecule has 2 aliphatic rings. The van der Waals surface area contributed by atoms with Gasteiger partial charge in [-0.25, -0.2) is 0 Å². The number of phenolic OH excluding ortho intramolecular Hbond substituents is 1. The van der Waals surface area contributed by atoms with Gasteiger partial charge < -0.3 is 19.3 Å². The minimum Gasteiger partial charge on any atom is -0.508 e. The van der Waals surface area contributed by atoms with Crippen LogP contribution in [-0.4, -0.2) is 35.8 Å². The van der Waals surface area contributed by atoms with E-state index in [1.807, 2.05) is 44.2 Å². The zero-order chi connectivity index (χ0) is 17.0. The molecule has 0 amide bonds. The van der Waals surface area contributed by atoms with Gasteiger partial charge in [0, 0.05) is 6.42 Å². The summed E-state index contributed by atoms with van der Waals surface area (Å²) < 4.78 is 17.6. The molecule has 128 valence electrons. The lowest BCUT2D eigenvalue weighted by Gasteiger charge is -2.29. The van der Waals surface area contributed by atoms with Crippen LogP contribution in [0.2, 0.25) is 0 Å². The Morgan fingerprint density at radius 2 is 2.04 bits per heavy atom. The van der Waals surface area contributed by atoms with Crippen molar-refractivity contribution in [2.45, 2.75) is 37.8 Å². The number of hydrogen-bond acceptors (Lipinski definition) is 4. The van der Waals surface area contributed by atoms with E-state index in [1.165, 1.54) is 0 Å². The van der Waals surface area contributed by atoms with Crippen molar-refractivity contribution in [2.75, 3.05) is 13.2 Å². The Morgan fingerprint density at radius 3 is 2.67 bits per heavy atom. The van der Waals surface area contributed by atoms with Gasteiger partial charge in [0.2, 0.25) is 0 Å². The molecule has 4 nitrogen and oxygen atoms in total. The van der Waals surface area contributed by atoms with Crippen LogP contribution in [0.5, 0.6) is 5.75 Å². The third kappa shape index (κ3) is 4.35. The number of benzene rings is 1. The predicted molar refractivity (Wildman–Crippen MR) is 93.6 cm³/mol. The maximum Gasteiger partial charge on any atom is 0.163 e. The van der Waals surface area contributed by atoms with E-state index in [4.69, 9.17) is 14.2 Å². The molecule has 1 heterocycles. The van der Waals surface area contributed by atoms with Gasteiger partial charge in [-0.05, 0) is 43.7 Å². The largest absolute Gasteiger partial charge is 0.508 e. The zero-order valence-electron chi connectivity index (χ0n) is 14.1. The summed E-state index contributed by atoms with van der Waals surface area (Å²) in [5.41, 5.74) is 0.531. The fourth-order valence-electron chi connectivity index (χ4n) is 2.81. The van der Waals surface area contributed by atoms with Gasteiger partial charge in [-0.15, -0.1) is 0 Å². The molecule has 2 unspecified atom stereocenters. The lowest BCUT2D eigenvalue weighted by atomic mass is 9.93. The molecule has 4 heteroatoms. The number of phenols is 1. The average molecular weight is 328 g/mol. The van der Waals surface area contributed by atoms with Crippen LogP contribution >= 0.6 is 0 Å². The number of hydrogen-bond donors (Lipinski definition) is 1. The number of rotatable bonds is 5. The van der Waals surface area contributed by atoms with Gasteiger partial charge in [-0.3, -0.25) is 0 Å². The van der Waals surface area contributed by atoms with Crippen molar-refractivity contribution in [3.63, 3.8) is 0 Å². The Morgan fingerprint density at radius 1 is 1.25 bits per heavy atom. The molecule has 1 aliphatic carbocycles. The summed E-state index contributed by atoms with van der Waals surface area (Å²) in [5, 5.41) is 9.38. The third-order valence-corrected chi connectivity index (χ3v) is 4.12. The Hall–Kier alpha value is -1.88. The topological polar surface area (TPSA) is 47.9 Å². The molecule has 0 aromatic heterocycles. The molecule has 0 spiro atoms. The second-order valence-corrected chi connectivity index (χ2v) is 6.63. The van der Waals surface area contributed by atoms with Crippen LogP contribution in [0.15, 0.2) is 54.6 Å². The smallest absolute Gasteiger partial charge is 0.163 e. The normalized spacial score (nSPS) is 28.7. The molecule has 1 aromatic rings. The molecule has 1 aliphatic heterocycles. The van der Waals surface area contributed by atoms with E-state index in [1.54, 1.807) is 12.1 Å². The first-order valence-corrected chi connectivity index (χ1v) is 8.25. The lowest BCUT2D eigenvalue weighted by Crippen LogP contribution is -2.33. The lowest BCUT2D eigenvalue weighted by molar-refractivity contribution is -0.149. The summed E-state index contributed by atoms with van der Waals surface area (Å²) in [5.74, 6) is -0.273. The molecular weight excluding hydrogens is 304 g/mol. The van der Waals surface area contributed by atoms with E-state index >= 15 is 0 Å². The van der Waals surface area contributed by atoms with Crippen molar-refractivity contribution in [3.05, 3.63) is 60.2 Å². The van der Waals surface area contributed by atoms with Crippen LogP contribution in [0.3, 0.4) is 0 Å². The van der Waals surface area contributed by atoms with Crippen LogP contribution in [0, 0.1) is 0 Å². The van der Waals surface area contributed by atoms with Crippen molar-refractivity contribution in [2.24, 2.45) is 0 Å².